The number of rotatable bonds is 10. The number of para-hydroxylation sites is 2. The third-order valence-corrected chi connectivity index (χ3v) is 12.9. The SMILES string of the molecule is CC(C)c1cnc(-n2c3[c-]c(Oc4[c-]c5c(c(C(C)C)c4)c4ccccc4n5-c4ccccn4)ccc3c3ccc(Oc4[c-]c5c(c(C(C)C)c4)c4ccccc4n5-c4ccccn4)[c-]c32)nc1.[Pt+2].[Pt+2]. The van der Waals surface area contributed by atoms with Crippen molar-refractivity contribution in [3.63, 3.8) is 0 Å². The van der Waals surface area contributed by atoms with Gasteiger partial charge in [0.25, 0.3) is 0 Å². The predicted octanol–water partition coefficient (Wildman–Crippen LogP) is 14.7. The number of ether oxygens (including phenoxy) is 2. The van der Waals surface area contributed by atoms with Crippen molar-refractivity contribution in [3.05, 3.63) is 187 Å². The molecule has 0 saturated carbocycles. The molecule has 0 atom stereocenters. The zero-order chi connectivity index (χ0) is 46.2. The molecule has 0 fully saturated rings. The first kappa shape index (κ1) is 46.8. The number of hydrogen-bond acceptors (Lipinski definition) is 6. The molecule has 12 rings (SSSR count). The van der Waals surface area contributed by atoms with Crippen molar-refractivity contribution in [2.24, 2.45) is 0 Å². The molecule has 0 aliphatic heterocycles. The molecule has 6 aromatic heterocycles. The second-order valence-electron chi connectivity index (χ2n) is 18.2. The average Bonchev–Trinajstić information content (AvgIpc) is 3.99. The summed E-state index contributed by atoms with van der Waals surface area (Å²) in [6.45, 7) is 13.1. The topological polar surface area (TPSA) is 84.8 Å². The number of benzene rings is 6. The van der Waals surface area contributed by atoms with E-state index in [0.29, 0.717) is 28.9 Å². The van der Waals surface area contributed by atoms with Crippen molar-refractivity contribution in [2.45, 2.75) is 59.3 Å². The fourth-order valence-corrected chi connectivity index (χ4v) is 9.63. The van der Waals surface area contributed by atoms with Gasteiger partial charge in [0, 0.05) is 58.8 Å². The van der Waals surface area contributed by atoms with Crippen LogP contribution >= 0.6 is 0 Å². The molecule has 0 aliphatic carbocycles. The molecule has 0 saturated heterocycles. The molecular weight excluding hydrogens is 1230 g/mol. The van der Waals surface area contributed by atoms with E-state index in [1.165, 1.54) is 0 Å². The van der Waals surface area contributed by atoms with E-state index in [1.54, 1.807) is 0 Å². The number of nitrogens with zero attached hydrogens (tertiary/aromatic N) is 7. The van der Waals surface area contributed by atoms with Crippen LogP contribution in [-0.2, 0) is 42.1 Å². The number of fused-ring (bicyclic) bond motifs is 9. The zero-order valence-corrected chi connectivity index (χ0v) is 43.7. The van der Waals surface area contributed by atoms with Crippen LogP contribution in [-0.4, -0.2) is 33.6 Å². The third-order valence-electron chi connectivity index (χ3n) is 12.9. The molecule has 6 heterocycles. The molecule has 0 unspecified atom stereocenters. The molecule has 11 heteroatoms. The maximum absolute atomic E-state index is 6.80. The Hall–Kier alpha value is -6.92. The van der Waals surface area contributed by atoms with Gasteiger partial charge in [0.15, 0.2) is 0 Å². The molecule has 12 aromatic rings. The van der Waals surface area contributed by atoms with Gasteiger partial charge in [0.1, 0.15) is 11.6 Å². The van der Waals surface area contributed by atoms with E-state index in [2.05, 4.69) is 148 Å². The van der Waals surface area contributed by atoms with Gasteiger partial charge in [-0.1, -0.05) is 123 Å². The Morgan fingerprint density at radius 1 is 0.414 bits per heavy atom. The van der Waals surface area contributed by atoms with Gasteiger partial charge in [-0.15, -0.1) is 59.7 Å². The van der Waals surface area contributed by atoms with Crippen LogP contribution in [0, 0.1) is 24.3 Å². The molecule has 0 amide bonds. The Kier molecular flexibility index (Phi) is 12.5. The Balaban J connectivity index is 0.00000284. The van der Waals surface area contributed by atoms with Crippen LogP contribution in [0.4, 0.5) is 0 Å². The summed E-state index contributed by atoms with van der Waals surface area (Å²) >= 11 is 0. The summed E-state index contributed by atoms with van der Waals surface area (Å²) in [6, 6.07) is 55.7. The van der Waals surface area contributed by atoms with E-state index < -0.39 is 0 Å². The largest absolute Gasteiger partial charge is 2.00 e. The summed E-state index contributed by atoms with van der Waals surface area (Å²) in [5.41, 5.74) is 8.76. The number of hydrogen-bond donors (Lipinski definition) is 0. The van der Waals surface area contributed by atoms with Crippen LogP contribution in [0.3, 0.4) is 0 Å². The van der Waals surface area contributed by atoms with Crippen molar-refractivity contribution >= 4 is 65.4 Å². The summed E-state index contributed by atoms with van der Waals surface area (Å²) in [5, 5.41) is 6.45. The molecule has 0 radical (unpaired) electrons. The van der Waals surface area contributed by atoms with Crippen molar-refractivity contribution in [1.29, 1.82) is 0 Å². The Labute approximate surface area is 434 Å². The van der Waals surface area contributed by atoms with Crippen LogP contribution in [0.25, 0.3) is 83.0 Å². The third kappa shape index (κ3) is 7.90. The fourth-order valence-electron chi connectivity index (χ4n) is 9.63. The smallest absolute Gasteiger partial charge is 0.509 e. The van der Waals surface area contributed by atoms with Gasteiger partial charge in [-0.2, -0.15) is 22.9 Å². The van der Waals surface area contributed by atoms with E-state index in [0.717, 1.165) is 93.7 Å². The molecule has 9 nitrogen and oxygen atoms in total. The van der Waals surface area contributed by atoms with Gasteiger partial charge in [-0.05, 0) is 70.5 Å². The van der Waals surface area contributed by atoms with Gasteiger partial charge in [0.05, 0.1) is 0 Å². The van der Waals surface area contributed by atoms with Crippen molar-refractivity contribution in [3.8, 4) is 40.6 Å². The van der Waals surface area contributed by atoms with Crippen LogP contribution in [0.15, 0.2) is 146 Å². The van der Waals surface area contributed by atoms with Crippen molar-refractivity contribution in [2.75, 3.05) is 0 Å². The second kappa shape index (κ2) is 18.8. The van der Waals surface area contributed by atoms with Crippen LogP contribution in [0.1, 0.15) is 76.0 Å². The second-order valence-corrected chi connectivity index (χ2v) is 18.2. The van der Waals surface area contributed by atoms with E-state index in [-0.39, 0.29) is 59.9 Å². The van der Waals surface area contributed by atoms with Gasteiger partial charge >= 0.3 is 42.1 Å². The Morgan fingerprint density at radius 2 is 0.843 bits per heavy atom. The first-order chi connectivity index (χ1) is 33.2. The van der Waals surface area contributed by atoms with Gasteiger partial charge in [0.2, 0.25) is 5.95 Å². The van der Waals surface area contributed by atoms with E-state index >= 15 is 0 Å². The molecule has 6 aromatic carbocycles. The minimum Gasteiger partial charge on any atom is -0.509 e. The summed E-state index contributed by atoms with van der Waals surface area (Å²) in [7, 11) is 0. The summed E-state index contributed by atoms with van der Waals surface area (Å²) in [5.74, 6) is 4.99. The monoisotopic (exact) mass is 1270 g/mol. The molecule has 0 spiro atoms. The fraction of sp³-hybridized carbons (Fsp3) is 0.153. The molecule has 0 N–H and O–H groups in total. The van der Waals surface area contributed by atoms with Gasteiger partial charge < -0.3 is 23.2 Å². The minimum absolute atomic E-state index is 0. The number of pyridine rings is 2. The maximum atomic E-state index is 6.80. The number of aromatic nitrogens is 7. The molecule has 348 valence electrons. The predicted molar refractivity (Wildman–Crippen MR) is 271 cm³/mol. The molecule has 0 aliphatic rings. The standard InChI is InChI=1S/C59H45N7O2.2Pt/c1-35(2)38-33-62-59(63-34-38)66-51-29-39(67-41-27-47(36(3)4)57-45-15-7-9-17-49(45)64(53(57)31-41)55-19-11-13-25-60-55)21-23-43(51)44-24-22-40(30-52(44)66)68-42-28-48(37(5)6)58-46-16-8-10-18-50(46)65(54(58)32-42)56-20-12-14-26-61-56;;/h7-28,33-37H,1-6H3;;/q-4;2*+2. The zero-order valence-electron chi connectivity index (χ0n) is 39.2. The van der Waals surface area contributed by atoms with Gasteiger partial charge in [-0.25, -0.2) is 19.9 Å². The molecule has 0 bridgehead atoms. The van der Waals surface area contributed by atoms with E-state index in [4.69, 9.17) is 29.4 Å². The first-order valence-corrected chi connectivity index (χ1v) is 23.1. The molecular formula is C59H45N7O2Pt2. The average molecular weight is 1270 g/mol. The Bertz CT molecular complexity index is 3670. The normalized spacial score (nSPS) is 11.7. The quantitative estimate of drug-likeness (QED) is 0.127. The van der Waals surface area contributed by atoms with Gasteiger partial charge in [-0.3, -0.25) is 0 Å². The van der Waals surface area contributed by atoms with Crippen LogP contribution in [0.5, 0.6) is 23.0 Å². The summed E-state index contributed by atoms with van der Waals surface area (Å²) in [6.07, 6.45) is 7.42. The van der Waals surface area contributed by atoms with E-state index in [9.17, 15) is 0 Å². The van der Waals surface area contributed by atoms with Crippen molar-refractivity contribution < 1.29 is 51.6 Å². The van der Waals surface area contributed by atoms with E-state index in [1.807, 2.05) is 77.9 Å². The maximum Gasteiger partial charge on any atom is 2.00 e. The Morgan fingerprint density at radius 3 is 1.26 bits per heavy atom. The molecule has 70 heavy (non-hydrogen) atoms. The van der Waals surface area contributed by atoms with Crippen LogP contribution in [0.2, 0.25) is 0 Å². The van der Waals surface area contributed by atoms with Crippen LogP contribution < -0.4 is 9.47 Å². The summed E-state index contributed by atoms with van der Waals surface area (Å²) < 4.78 is 19.9. The summed E-state index contributed by atoms with van der Waals surface area (Å²) in [4.78, 5) is 19.4. The minimum atomic E-state index is 0. The van der Waals surface area contributed by atoms with Crippen molar-refractivity contribution in [1.82, 2.24) is 33.6 Å². The first-order valence-electron chi connectivity index (χ1n) is 23.1.